The van der Waals surface area contributed by atoms with Gasteiger partial charge in [-0.1, -0.05) is 25.3 Å². The first-order chi connectivity index (χ1) is 22.7. The van der Waals surface area contributed by atoms with Crippen LogP contribution in [0.25, 0.3) is 22.2 Å². The maximum Gasteiger partial charge on any atom is 0.335 e. The van der Waals surface area contributed by atoms with E-state index in [1.807, 2.05) is 36.4 Å². The van der Waals surface area contributed by atoms with E-state index in [9.17, 15) is 18.3 Å². The van der Waals surface area contributed by atoms with Gasteiger partial charge in [0, 0.05) is 53.9 Å². The van der Waals surface area contributed by atoms with Gasteiger partial charge in [-0.3, -0.25) is 4.31 Å². The largest absolute Gasteiger partial charge is 0.491 e. The molecule has 48 heavy (non-hydrogen) atoms. The number of nitrogens with zero attached hydrogens (tertiary/aromatic N) is 3. The number of halogens is 1. The summed E-state index contributed by atoms with van der Waals surface area (Å²) in [6.07, 6.45) is 7.04. The number of ether oxygens (including phenoxy) is 3. The maximum absolute atomic E-state index is 12.3. The summed E-state index contributed by atoms with van der Waals surface area (Å²) in [4.78, 5) is 14.2. The first-order valence-corrected chi connectivity index (χ1v) is 18.2. The number of carboxylic acids is 1. The third kappa shape index (κ3) is 6.55. The van der Waals surface area contributed by atoms with Gasteiger partial charge < -0.3 is 28.8 Å². The molecule has 1 saturated carbocycles. The molecule has 0 atom stereocenters. The fourth-order valence-electron chi connectivity index (χ4n) is 7.34. The van der Waals surface area contributed by atoms with Crippen molar-refractivity contribution in [3.8, 4) is 22.8 Å². The van der Waals surface area contributed by atoms with Crippen molar-refractivity contribution in [2.75, 3.05) is 55.4 Å². The minimum atomic E-state index is -3.43. The van der Waals surface area contributed by atoms with E-state index in [1.54, 1.807) is 19.2 Å². The molecule has 256 valence electrons. The Hall–Kier alpha value is -3.93. The molecule has 1 aromatic heterocycles. The Morgan fingerprint density at radius 1 is 0.979 bits per heavy atom. The van der Waals surface area contributed by atoms with Crippen LogP contribution in [-0.2, 0) is 27.9 Å². The number of morpholine rings is 1. The van der Waals surface area contributed by atoms with Gasteiger partial charge in [-0.05, 0) is 66.8 Å². The number of anilines is 2. The van der Waals surface area contributed by atoms with Crippen LogP contribution in [0.1, 0.15) is 59.5 Å². The second kappa shape index (κ2) is 13.9. The molecule has 12 heteroatoms. The van der Waals surface area contributed by atoms with Crippen LogP contribution < -0.4 is 18.7 Å². The highest BCUT2D eigenvalue weighted by Gasteiger charge is 2.30. The van der Waals surface area contributed by atoms with E-state index in [2.05, 4.69) is 15.5 Å². The van der Waals surface area contributed by atoms with Gasteiger partial charge in [0.25, 0.3) is 0 Å². The number of aromatic nitrogens is 1. The van der Waals surface area contributed by atoms with Crippen molar-refractivity contribution < 1.29 is 32.5 Å². The van der Waals surface area contributed by atoms with Gasteiger partial charge >= 0.3 is 5.97 Å². The molecule has 3 aliphatic rings. The molecule has 0 spiro atoms. The number of carbonyl (C=O) groups is 1. The van der Waals surface area contributed by atoms with Crippen LogP contribution in [0.2, 0.25) is 0 Å². The molecule has 0 radical (unpaired) electrons. The van der Waals surface area contributed by atoms with Crippen LogP contribution >= 0.6 is 12.4 Å². The van der Waals surface area contributed by atoms with Gasteiger partial charge in [0.15, 0.2) is 0 Å². The van der Waals surface area contributed by atoms with Crippen molar-refractivity contribution in [2.24, 2.45) is 0 Å². The number of rotatable bonds is 8. The number of carboxylic acid groups (broad SMARTS) is 1. The fourth-order valence-corrected chi connectivity index (χ4v) is 7.84. The lowest BCUT2D eigenvalue weighted by molar-refractivity contribution is 0.0697. The van der Waals surface area contributed by atoms with Crippen LogP contribution in [0, 0.1) is 0 Å². The molecule has 1 aliphatic carbocycles. The van der Waals surface area contributed by atoms with Crippen molar-refractivity contribution in [1.29, 1.82) is 0 Å². The van der Waals surface area contributed by atoms with Crippen molar-refractivity contribution >= 4 is 50.7 Å². The fraction of sp³-hybridized carbons (Fsp3) is 0.417. The van der Waals surface area contributed by atoms with Gasteiger partial charge in [0.2, 0.25) is 10.0 Å². The van der Waals surface area contributed by atoms with Gasteiger partial charge in [-0.2, -0.15) is 0 Å². The zero-order valence-electron chi connectivity index (χ0n) is 27.3. The number of aromatic carboxylic acids is 1. The monoisotopic (exact) mass is 695 g/mol. The first kappa shape index (κ1) is 34.0. The Morgan fingerprint density at radius 2 is 1.75 bits per heavy atom. The number of hydrogen-bond acceptors (Lipinski definition) is 7. The van der Waals surface area contributed by atoms with Gasteiger partial charge in [0.1, 0.15) is 24.7 Å². The molecule has 0 unspecified atom stereocenters. The standard InChI is InChI=1S/C36H41N3O7S.ClH/c1-37(47(2,42)43)27-9-13-31(38-14-17-44-18-15-38)26(20-27)23-46-28-10-12-30-33(22-28)45-19-16-39-32-21-25(36(40)41)8-11-29(32)34(35(30)39)24-6-4-3-5-7-24;/h8-13,20-22,24H,3-7,14-19,23H2,1-2H3,(H,40,41);1H. The average Bonchev–Trinajstić information content (AvgIpc) is 3.28. The highest BCUT2D eigenvalue weighted by Crippen LogP contribution is 2.48. The van der Waals surface area contributed by atoms with E-state index in [4.69, 9.17) is 14.2 Å². The number of sulfonamides is 1. The van der Waals surface area contributed by atoms with Crippen molar-refractivity contribution in [3.05, 3.63) is 71.3 Å². The van der Waals surface area contributed by atoms with Crippen LogP contribution in [0.3, 0.4) is 0 Å². The Morgan fingerprint density at radius 3 is 2.48 bits per heavy atom. The molecule has 7 rings (SSSR count). The molecule has 4 aromatic rings. The van der Waals surface area contributed by atoms with Crippen LogP contribution in [-0.4, -0.2) is 70.3 Å². The van der Waals surface area contributed by atoms with Crippen molar-refractivity contribution in [2.45, 2.75) is 51.2 Å². The highest BCUT2D eigenvalue weighted by molar-refractivity contribution is 7.92. The SMILES string of the molecule is CN(c1ccc(N2CCOCC2)c(COc2ccc3c(c2)OCCn2c-3c(C3CCCCC3)c3ccc(C(=O)O)cc32)c1)S(C)(=O)=O.Cl. The van der Waals surface area contributed by atoms with Gasteiger partial charge in [-0.25, -0.2) is 13.2 Å². The Bertz CT molecular complexity index is 1930. The lowest BCUT2D eigenvalue weighted by atomic mass is 9.81. The van der Waals surface area contributed by atoms with E-state index >= 15 is 0 Å². The average molecular weight is 696 g/mol. The Kier molecular flexibility index (Phi) is 9.83. The molecule has 1 saturated heterocycles. The molecule has 0 amide bonds. The minimum Gasteiger partial charge on any atom is -0.491 e. The Labute approximate surface area is 287 Å². The predicted molar refractivity (Wildman–Crippen MR) is 190 cm³/mol. The zero-order valence-corrected chi connectivity index (χ0v) is 28.9. The molecule has 0 bridgehead atoms. The third-order valence-corrected chi connectivity index (χ3v) is 11.0. The van der Waals surface area contributed by atoms with Crippen LogP contribution in [0.4, 0.5) is 11.4 Å². The molecular formula is C36H42ClN3O7S. The second-order valence-corrected chi connectivity index (χ2v) is 14.7. The molecule has 3 heterocycles. The van der Waals surface area contributed by atoms with Gasteiger partial charge in [-0.15, -0.1) is 12.4 Å². The summed E-state index contributed by atoms with van der Waals surface area (Å²) in [5.41, 5.74) is 7.05. The quantitative estimate of drug-likeness (QED) is 0.217. The third-order valence-electron chi connectivity index (χ3n) is 9.82. The van der Waals surface area contributed by atoms with E-state index in [0.29, 0.717) is 43.7 Å². The van der Waals surface area contributed by atoms with E-state index in [-0.39, 0.29) is 24.6 Å². The zero-order chi connectivity index (χ0) is 32.7. The maximum atomic E-state index is 12.3. The molecule has 2 fully saturated rings. The predicted octanol–water partition coefficient (Wildman–Crippen LogP) is 6.68. The summed E-state index contributed by atoms with van der Waals surface area (Å²) in [7, 11) is -1.88. The molecule has 10 nitrogen and oxygen atoms in total. The number of hydrogen-bond donors (Lipinski definition) is 1. The van der Waals surface area contributed by atoms with Crippen molar-refractivity contribution in [1.82, 2.24) is 4.57 Å². The second-order valence-electron chi connectivity index (χ2n) is 12.7. The normalized spacial score (nSPS) is 16.7. The topological polar surface area (TPSA) is 111 Å². The summed E-state index contributed by atoms with van der Waals surface area (Å²) in [6, 6.07) is 17.1. The minimum absolute atomic E-state index is 0. The van der Waals surface area contributed by atoms with Gasteiger partial charge in [0.05, 0.1) is 43.0 Å². The van der Waals surface area contributed by atoms with E-state index < -0.39 is 16.0 Å². The molecular weight excluding hydrogens is 654 g/mol. The van der Waals surface area contributed by atoms with Crippen LogP contribution in [0.5, 0.6) is 11.5 Å². The molecule has 3 aromatic carbocycles. The highest BCUT2D eigenvalue weighted by atomic mass is 35.5. The first-order valence-electron chi connectivity index (χ1n) is 16.4. The summed E-state index contributed by atoms with van der Waals surface area (Å²) in [5, 5.41) is 10.9. The molecule has 1 N–H and O–H groups in total. The molecule has 2 aliphatic heterocycles. The lowest BCUT2D eigenvalue weighted by Gasteiger charge is -2.31. The summed E-state index contributed by atoms with van der Waals surface area (Å²) in [6.45, 7) is 4.03. The smallest absolute Gasteiger partial charge is 0.335 e. The lowest BCUT2D eigenvalue weighted by Crippen LogP contribution is -2.37. The number of benzene rings is 3. The summed E-state index contributed by atoms with van der Waals surface area (Å²) in [5.74, 6) is 0.851. The number of fused-ring (bicyclic) bond motifs is 5. The van der Waals surface area contributed by atoms with E-state index in [0.717, 1.165) is 65.1 Å². The van der Waals surface area contributed by atoms with Crippen molar-refractivity contribution in [3.63, 3.8) is 0 Å². The van der Waals surface area contributed by atoms with E-state index in [1.165, 1.54) is 35.4 Å². The van der Waals surface area contributed by atoms with Crippen LogP contribution in [0.15, 0.2) is 54.6 Å². The summed E-state index contributed by atoms with van der Waals surface area (Å²) >= 11 is 0. The summed E-state index contributed by atoms with van der Waals surface area (Å²) < 4.78 is 46.5. The Balaban J connectivity index is 0.00000401.